The van der Waals surface area contributed by atoms with Gasteiger partial charge in [0.05, 0.1) is 65.8 Å². The molecule has 3 fully saturated rings. The average molecular weight is 998 g/mol. The number of hydrogen-bond acceptors (Lipinski definition) is 13. The van der Waals surface area contributed by atoms with Gasteiger partial charge in [0.2, 0.25) is 11.8 Å². The van der Waals surface area contributed by atoms with Crippen LogP contribution in [0.3, 0.4) is 0 Å². The summed E-state index contributed by atoms with van der Waals surface area (Å²) in [6.07, 6.45) is 4.04. The van der Waals surface area contributed by atoms with Crippen molar-refractivity contribution < 1.29 is 33.4 Å². The molecule has 3 aliphatic rings. The van der Waals surface area contributed by atoms with E-state index < -0.39 is 23.5 Å². The fourth-order valence-corrected chi connectivity index (χ4v) is 11.1. The highest BCUT2D eigenvalue weighted by molar-refractivity contribution is 7.13. The van der Waals surface area contributed by atoms with Crippen molar-refractivity contribution in [2.45, 2.75) is 97.2 Å². The quantitative estimate of drug-likeness (QED) is 0.0828. The van der Waals surface area contributed by atoms with Gasteiger partial charge in [-0.1, -0.05) is 63.2 Å². The van der Waals surface area contributed by atoms with Crippen molar-refractivity contribution in [2.75, 3.05) is 62.3 Å². The molecule has 0 saturated carbocycles. The Morgan fingerprint density at radius 2 is 1.67 bits per heavy atom. The fourth-order valence-electron chi connectivity index (χ4n) is 10.3. The zero-order chi connectivity index (χ0) is 50.5. The van der Waals surface area contributed by atoms with Crippen LogP contribution in [0, 0.1) is 24.1 Å². The number of β-amino-alcohol motifs (C(OH)–C–C–N with tert-alkyl or cyclic N) is 1. The molecule has 0 aliphatic carbocycles. The Morgan fingerprint density at radius 1 is 0.889 bits per heavy atom. The lowest BCUT2D eigenvalue weighted by Gasteiger charge is -2.35. The van der Waals surface area contributed by atoms with Gasteiger partial charge in [-0.05, 0) is 84.7 Å². The van der Waals surface area contributed by atoms with Crippen LogP contribution in [0.15, 0.2) is 90.6 Å². The lowest BCUT2D eigenvalue weighted by atomic mass is 9.76. The summed E-state index contributed by atoms with van der Waals surface area (Å²) in [5.74, 6) is 0.0999. The molecule has 2 aromatic carbocycles. The minimum Gasteiger partial charge on any atom is -0.391 e. The molecule has 3 aliphatic heterocycles. The van der Waals surface area contributed by atoms with Crippen LogP contribution in [0.1, 0.15) is 88.6 Å². The standard InChI is InChI=1S/C55H64FN9O6S/c1-36-53(72-35-58-36)38-16-13-37(14-17-38)15-18-48(68)46-32-42(67)34-64(46)54(70)43(55(2,3)4)31-41(66)21-28-71-29-22-52(69)62-26-24-61(25-27-62)50-12-6-10-44(59-50)47-33-57-49-19-20-51(60-65(47)49)63-23-7-11-45(63)39-8-5-9-40(56)30-39/h5-6,8-10,12-14,16-17,19-20,30,33,35,42-43,45-46,67H,7,11,15,18,21-29,31-32,34H2,1-4H3/t42-,43-,45-,46+/m1/s1. The number of aryl methyl sites for hydroxylation is 2. The van der Waals surface area contributed by atoms with Gasteiger partial charge in [0.15, 0.2) is 11.4 Å². The highest BCUT2D eigenvalue weighted by Gasteiger charge is 2.44. The van der Waals surface area contributed by atoms with Gasteiger partial charge in [0, 0.05) is 70.9 Å². The Hall–Kier alpha value is -6.43. The maximum absolute atomic E-state index is 14.2. The SMILES string of the molecule is Cc1ncsc1-c1ccc(CCC(=O)[C@@H]2C[C@@H](O)CN2C(=O)[C@@H](CC(=O)CCOCCC(=O)N2CCN(c3cccc(-c4cnc5ccc(N6CCC[C@@H]6c6cccc(F)c6)nn45)n3)CC2)C(C)(C)C)cc1. The van der Waals surface area contributed by atoms with Gasteiger partial charge in [-0.3, -0.25) is 19.2 Å². The minimum atomic E-state index is -0.815. The van der Waals surface area contributed by atoms with Crippen LogP contribution in [-0.2, 0) is 30.3 Å². The number of pyridine rings is 1. The average Bonchev–Trinajstić information content (AvgIpc) is 4.21. The number of ketones is 2. The van der Waals surface area contributed by atoms with E-state index in [1.54, 1.807) is 29.7 Å². The summed E-state index contributed by atoms with van der Waals surface area (Å²) in [6.45, 7) is 11.1. The van der Waals surface area contributed by atoms with Crippen LogP contribution in [0.4, 0.5) is 16.0 Å². The summed E-state index contributed by atoms with van der Waals surface area (Å²) in [6, 6.07) is 24.0. The molecule has 4 aromatic heterocycles. The number of aliphatic hydroxyl groups is 1. The molecule has 378 valence electrons. The molecule has 0 unspecified atom stereocenters. The van der Waals surface area contributed by atoms with Crippen LogP contribution in [0.2, 0.25) is 0 Å². The zero-order valence-corrected chi connectivity index (χ0v) is 42.4. The van der Waals surface area contributed by atoms with Crippen molar-refractivity contribution in [1.29, 1.82) is 0 Å². The number of carbonyl (C=O) groups is 4. The molecule has 7 heterocycles. The van der Waals surface area contributed by atoms with Crippen molar-refractivity contribution in [3.63, 3.8) is 0 Å². The summed E-state index contributed by atoms with van der Waals surface area (Å²) in [5.41, 5.74) is 7.43. The highest BCUT2D eigenvalue weighted by Crippen LogP contribution is 2.37. The zero-order valence-electron chi connectivity index (χ0n) is 41.6. The van der Waals surface area contributed by atoms with Gasteiger partial charge in [0.25, 0.3) is 0 Å². The first-order valence-corrected chi connectivity index (χ1v) is 26.1. The number of carbonyl (C=O) groups excluding carboxylic acids is 4. The lowest BCUT2D eigenvalue weighted by molar-refractivity contribution is -0.146. The van der Waals surface area contributed by atoms with Crippen molar-refractivity contribution in [2.24, 2.45) is 11.3 Å². The van der Waals surface area contributed by atoms with E-state index in [9.17, 15) is 28.7 Å². The highest BCUT2D eigenvalue weighted by atomic mass is 32.1. The van der Waals surface area contributed by atoms with Crippen LogP contribution < -0.4 is 9.80 Å². The number of aliphatic hydroxyl groups excluding tert-OH is 1. The van der Waals surface area contributed by atoms with Crippen molar-refractivity contribution in [3.05, 3.63) is 113 Å². The molecule has 17 heteroatoms. The molecular weight excluding hydrogens is 934 g/mol. The Labute approximate surface area is 424 Å². The second kappa shape index (κ2) is 22.1. The summed E-state index contributed by atoms with van der Waals surface area (Å²) in [4.78, 5) is 77.2. The number of aromatic nitrogens is 5. The van der Waals surface area contributed by atoms with E-state index in [1.807, 2.05) is 103 Å². The van der Waals surface area contributed by atoms with Crippen LogP contribution in [-0.4, -0.2) is 127 Å². The van der Waals surface area contributed by atoms with E-state index >= 15 is 0 Å². The molecule has 0 bridgehead atoms. The minimum absolute atomic E-state index is 0.0128. The predicted molar refractivity (Wildman–Crippen MR) is 275 cm³/mol. The third kappa shape index (κ3) is 11.6. The van der Waals surface area contributed by atoms with Gasteiger partial charge in [0.1, 0.15) is 28.9 Å². The summed E-state index contributed by atoms with van der Waals surface area (Å²) in [7, 11) is 0. The number of benzene rings is 2. The number of halogens is 1. The number of fused-ring (bicyclic) bond motifs is 1. The van der Waals surface area contributed by atoms with E-state index in [-0.39, 0.29) is 87.1 Å². The van der Waals surface area contributed by atoms with Crippen molar-refractivity contribution >= 4 is 52.0 Å². The monoisotopic (exact) mass is 997 g/mol. The number of ether oxygens (including phenoxy) is 1. The molecule has 15 nitrogen and oxygen atoms in total. The molecule has 72 heavy (non-hydrogen) atoms. The largest absolute Gasteiger partial charge is 0.391 e. The second-order valence-electron chi connectivity index (χ2n) is 20.4. The Kier molecular flexibility index (Phi) is 15.5. The Balaban J connectivity index is 0.717. The van der Waals surface area contributed by atoms with Crippen molar-refractivity contribution in [1.82, 2.24) is 34.4 Å². The lowest BCUT2D eigenvalue weighted by Crippen LogP contribution is -2.49. The van der Waals surface area contributed by atoms with Gasteiger partial charge >= 0.3 is 0 Å². The topological polar surface area (TPSA) is 167 Å². The molecule has 0 radical (unpaired) electrons. The number of likely N-dealkylation sites (tertiary alicyclic amines) is 1. The summed E-state index contributed by atoms with van der Waals surface area (Å²) < 4.78 is 21.8. The smallest absolute Gasteiger partial charge is 0.227 e. The molecule has 9 rings (SSSR count). The Bertz CT molecular complexity index is 2890. The van der Waals surface area contributed by atoms with E-state index in [0.717, 1.165) is 69.7 Å². The first-order chi connectivity index (χ1) is 34.7. The number of hydrogen-bond donors (Lipinski definition) is 1. The van der Waals surface area contributed by atoms with Gasteiger partial charge in [-0.15, -0.1) is 16.4 Å². The normalized spacial score (nSPS) is 18.8. The van der Waals surface area contributed by atoms with E-state index in [1.165, 1.54) is 11.0 Å². The molecule has 4 atom stereocenters. The van der Waals surface area contributed by atoms with Crippen LogP contribution in [0.25, 0.3) is 27.5 Å². The molecule has 2 amide bonds. The molecule has 1 N–H and O–H groups in total. The first kappa shape index (κ1) is 50.5. The molecule has 0 spiro atoms. The number of amides is 2. The summed E-state index contributed by atoms with van der Waals surface area (Å²) in [5, 5.41) is 15.7. The van der Waals surface area contributed by atoms with Gasteiger partial charge < -0.3 is 29.4 Å². The predicted octanol–water partition coefficient (Wildman–Crippen LogP) is 7.93. The maximum Gasteiger partial charge on any atom is 0.227 e. The maximum atomic E-state index is 14.2. The first-order valence-electron chi connectivity index (χ1n) is 25.2. The third-order valence-corrected chi connectivity index (χ3v) is 15.4. The molecule has 3 saturated heterocycles. The van der Waals surface area contributed by atoms with Gasteiger partial charge in [-0.2, -0.15) is 0 Å². The number of rotatable bonds is 18. The molecule has 6 aromatic rings. The number of thiazole rings is 1. The fraction of sp³-hybridized carbons (Fsp3) is 0.455. The number of Topliss-reactive ketones (excluding diaryl/α,β-unsaturated/α-hetero) is 2. The van der Waals surface area contributed by atoms with Crippen LogP contribution >= 0.6 is 11.3 Å². The van der Waals surface area contributed by atoms with E-state index in [4.69, 9.17) is 14.8 Å². The second-order valence-corrected chi connectivity index (χ2v) is 21.2. The number of imidazole rings is 1. The van der Waals surface area contributed by atoms with Crippen LogP contribution in [0.5, 0.6) is 0 Å². The number of anilines is 2. The van der Waals surface area contributed by atoms with Crippen molar-refractivity contribution in [3.8, 4) is 21.8 Å². The molecular formula is C55H64FN9O6S. The number of piperazine rings is 1. The Morgan fingerprint density at radius 3 is 2.42 bits per heavy atom. The van der Waals surface area contributed by atoms with E-state index in [2.05, 4.69) is 19.8 Å². The third-order valence-electron chi connectivity index (χ3n) is 14.4. The summed E-state index contributed by atoms with van der Waals surface area (Å²) >= 11 is 1.59. The van der Waals surface area contributed by atoms with Gasteiger partial charge in [-0.25, -0.2) is 23.9 Å². The van der Waals surface area contributed by atoms with E-state index in [0.29, 0.717) is 38.2 Å². The number of nitrogens with zero attached hydrogens (tertiary/aromatic N) is 9.